The Labute approximate surface area is 106 Å². The van der Waals surface area contributed by atoms with Gasteiger partial charge >= 0.3 is 0 Å². The van der Waals surface area contributed by atoms with E-state index in [1.807, 2.05) is 0 Å². The van der Waals surface area contributed by atoms with Crippen molar-refractivity contribution in [3.05, 3.63) is 23.8 Å². The van der Waals surface area contributed by atoms with Crippen LogP contribution in [0.4, 0.5) is 0 Å². The Morgan fingerprint density at radius 3 is 2.39 bits per heavy atom. The topological polar surface area (TPSA) is 64.6 Å². The van der Waals surface area contributed by atoms with Crippen LogP contribution in [0.5, 0.6) is 11.5 Å². The van der Waals surface area contributed by atoms with Crippen LogP contribution in [-0.2, 0) is 4.79 Å². The van der Waals surface area contributed by atoms with Crippen molar-refractivity contribution in [2.24, 2.45) is 0 Å². The second-order valence-electron chi connectivity index (χ2n) is 3.87. The molecular formula is C13H17NO4. The summed E-state index contributed by atoms with van der Waals surface area (Å²) in [5.41, 5.74) is 0.338. The van der Waals surface area contributed by atoms with Crippen LogP contribution in [0, 0.1) is 0 Å². The highest BCUT2D eigenvalue weighted by atomic mass is 16.5. The molecule has 18 heavy (non-hydrogen) atoms. The fraction of sp³-hybridized carbons (Fsp3) is 0.385. The molecule has 0 heterocycles. The van der Waals surface area contributed by atoms with E-state index in [-0.39, 0.29) is 11.7 Å². The van der Waals surface area contributed by atoms with Gasteiger partial charge in [-0.2, -0.15) is 0 Å². The minimum absolute atomic E-state index is 0.106. The molecule has 5 heteroatoms. The summed E-state index contributed by atoms with van der Waals surface area (Å²) in [6.07, 6.45) is 0. The second kappa shape index (κ2) is 6.05. The maximum absolute atomic E-state index is 12.0. The average Bonchev–Trinajstić information content (AvgIpc) is 2.37. The number of amides is 1. The van der Waals surface area contributed by atoms with Gasteiger partial charge in [-0.25, -0.2) is 0 Å². The number of benzene rings is 1. The summed E-state index contributed by atoms with van der Waals surface area (Å²) in [6.45, 7) is 3.06. The lowest BCUT2D eigenvalue weighted by molar-refractivity contribution is -0.118. The standard InChI is InChI=1S/C13H17NO4/c1-8(9(2)15)14-13(16)11-7-10(17-3)5-6-12(11)18-4/h5-8H,1-4H3,(H,14,16). The Balaban J connectivity index is 2.99. The van der Waals surface area contributed by atoms with Crippen molar-refractivity contribution in [1.82, 2.24) is 5.32 Å². The van der Waals surface area contributed by atoms with E-state index in [0.717, 1.165) is 0 Å². The Hall–Kier alpha value is -2.04. The summed E-state index contributed by atoms with van der Waals surface area (Å²) in [5.74, 6) is 0.513. The summed E-state index contributed by atoms with van der Waals surface area (Å²) >= 11 is 0. The van der Waals surface area contributed by atoms with Gasteiger partial charge in [-0.15, -0.1) is 0 Å². The van der Waals surface area contributed by atoms with Crippen molar-refractivity contribution in [3.8, 4) is 11.5 Å². The van der Waals surface area contributed by atoms with Crippen LogP contribution in [0.25, 0.3) is 0 Å². The molecule has 0 aliphatic heterocycles. The number of carbonyl (C=O) groups excluding carboxylic acids is 2. The molecule has 1 atom stereocenters. The monoisotopic (exact) mass is 251 g/mol. The van der Waals surface area contributed by atoms with E-state index in [0.29, 0.717) is 17.1 Å². The lowest BCUT2D eigenvalue weighted by atomic mass is 10.1. The van der Waals surface area contributed by atoms with Crippen LogP contribution in [0.3, 0.4) is 0 Å². The predicted molar refractivity (Wildman–Crippen MR) is 67.2 cm³/mol. The zero-order valence-electron chi connectivity index (χ0n) is 10.9. The maximum Gasteiger partial charge on any atom is 0.255 e. The molecule has 0 aliphatic rings. The van der Waals surface area contributed by atoms with E-state index in [9.17, 15) is 9.59 Å². The SMILES string of the molecule is COc1ccc(OC)c(C(=O)NC(C)C(C)=O)c1. The lowest BCUT2D eigenvalue weighted by Gasteiger charge is -2.13. The van der Waals surface area contributed by atoms with Gasteiger partial charge < -0.3 is 14.8 Å². The number of carbonyl (C=O) groups is 2. The van der Waals surface area contributed by atoms with E-state index in [4.69, 9.17) is 9.47 Å². The Bertz CT molecular complexity index is 456. The van der Waals surface area contributed by atoms with Crippen molar-refractivity contribution in [3.63, 3.8) is 0 Å². The van der Waals surface area contributed by atoms with E-state index >= 15 is 0 Å². The molecule has 0 aromatic heterocycles. The van der Waals surface area contributed by atoms with E-state index in [1.54, 1.807) is 25.1 Å². The Morgan fingerprint density at radius 1 is 1.22 bits per heavy atom. The third kappa shape index (κ3) is 3.23. The first-order valence-electron chi connectivity index (χ1n) is 5.53. The number of ether oxygens (including phenoxy) is 2. The van der Waals surface area contributed by atoms with Gasteiger partial charge in [0.05, 0.1) is 25.8 Å². The fourth-order valence-corrected chi connectivity index (χ4v) is 1.37. The number of Topliss-reactive ketones (excluding diaryl/α,β-unsaturated/α-hetero) is 1. The summed E-state index contributed by atoms with van der Waals surface area (Å²) in [7, 11) is 2.99. The quantitative estimate of drug-likeness (QED) is 0.859. The number of rotatable bonds is 5. The molecule has 1 rings (SSSR count). The Kier molecular flexibility index (Phi) is 4.71. The molecule has 98 valence electrons. The highest BCUT2D eigenvalue weighted by Gasteiger charge is 2.17. The van der Waals surface area contributed by atoms with E-state index < -0.39 is 6.04 Å². The van der Waals surface area contributed by atoms with Gasteiger partial charge in [-0.1, -0.05) is 0 Å². The first-order valence-corrected chi connectivity index (χ1v) is 5.53. The molecule has 0 aliphatic carbocycles. The second-order valence-corrected chi connectivity index (χ2v) is 3.87. The van der Waals surface area contributed by atoms with Gasteiger partial charge in [0, 0.05) is 0 Å². The van der Waals surface area contributed by atoms with Gasteiger partial charge in [0.1, 0.15) is 11.5 Å². The Morgan fingerprint density at radius 2 is 1.89 bits per heavy atom. The first kappa shape index (κ1) is 14.0. The van der Waals surface area contributed by atoms with E-state index in [2.05, 4.69) is 5.32 Å². The normalized spacial score (nSPS) is 11.6. The molecule has 0 bridgehead atoms. The van der Waals surface area contributed by atoms with Gasteiger partial charge in [0.2, 0.25) is 0 Å². The number of ketones is 1. The number of nitrogens with one attached hydrogen (secondary N) is 1. The minimum atomic E-state index is -0.534. The van der Waals surface area contributed by atoms with Crippen molar-refractivity contribution >= 4 is 11.7 Å². The predicted octanol–water partition coefficient (Wildman–Crippen LogP) is 1.41. The lowest BCUT2D eigenvalue weighted by Crippen LogP contribution is -2.37. The highest BCUT2D eigenvalue weighted by Crippen LogP contribution is 2.23. The summed E-state index contributed by atoms with van der Waals surface area (Å²) < 4.78 is 10.2. The largest absolute Gasteiger partial charge is 0.497 e. The summed E-state index contributed by atoms with van der Waals surface area (Å²) in [5, 5.41) is 2.60. The first-order chi connectivity index (χ1) is 8.49. The summed E-state index contributed by atoms with van der Waals surface area (Å²) in [4.78, 5) is 23.1. The number of methoxy groups -OCH3 is 2. The third-order valence-corrected chi connectivity index (χ3v) is 2.61. The molecule has 1 unspecified atom stereocenters. The molecule has 1 aromatic carbocycles. The van der Waals surface area contributed by atoms with Crippen LogP contribution in [0.2, 0.25) is 0 Å². The van der Waals surface area contributed by atoms with Crippen LogP contribution < -0.4 is 14.8 Å². The van der Waals surface area contributed by atoms with Crippen LogP contribution in [-0.4, -0.2) is 32.0 Å². The molecule has 1 amide bonds. The van der Waals surface area contributed by atoms with Gasteiger partial charge in [-0.05, 0) is 32.0 Å². The zero-order chi connectivity index (χ0) is 13.7. The molecule has 0 saturated carbocycles. The van der Waals surface area contributed by atoms with Crippen LogP contribution in [0.15, 0.2) is 18.2 Å². The highest BCUT2D eigenvalue weighted by molar-refractivity contribution is 5.99. The maximum atomic E-state index is 12.0. The van der Waals surface area contributed by atoms with Crippen molar-refractivity contribution in [1.29, 1.82) is 0 Å². The van der Waals surface area contributed by atoms with Crippen molar-refractivity contribution < 1.29 is 19.1 Å². The summed E-state index contributed by atoms with van der Waals surface area (Å²) in [6, 6.07) is 4.38. The molecule has 0 saturated heterocycles. The molecule has 0 spiro atoms. The average molecular weight is 251 g/mol. The smallest absolute Gasteiger partial charge is 0.255 e. The van der Waals surface area contributed by atoms with Gasteiger partial charge in [0.15, 0.2) is 5.78 Å². The molecule has 1 aromatic rings. The van der Waals surface area contributed by atoms with E-state index in [1.165, 1.54) is 21.1 Å². The number of hydrogen-bond donors (Lipinski definition) is 1. The van der Waals surface area contributed by atoms with Crippen LogP contribution >= 0.6 is 0 Å². The molecule has 0 fully saturated rings. The van der Waals surface area contributed by atoms with Gasteiger partial charge in [0.25, 0.3) is 5.91 Å². The van der Waals surface area contributed by atoms with Crippen LogP contribution in [0.1, 0.15) is 24.2 Å². The van der Waals surface area contributed by atoms with Crippen molar-refractivity contribution in [2.45, 2.75) is 19.9 Å². The third-order valence-electron chi connectivity index (χ3n) is 2.61. The zero-order valence-corrected chi connectivity index (χ0v) is 10.9. The fourth-order valence-electron chi connectivity index (χ4n) is 1.37. The molecule has 5 nitrogen and oxygen atoms in total. The van der Waals surface area contributed by atoms with Gasteiger partial charge in [-0.3, -0.25) is 9.59 Å². The molecule has 0 radical (unpaired) electrons. The number of hydrogen-bond acceptors (Lipinski definition) is 4. The van der Waals surface area contributed by atoms with Crippen molar-refractivity contribution in [2.75, 3.05) is 14.2 Å². The molecule has 1 N–H and O–H groups in total. The molecular weight excluding hydrogens is 234 g/mol. The minimum Gasteiger partial charge on any atom is -0.497 e.